The third-order valence-corrected chi connectivity index (χ3v) is 6.01. The number of piperidine rings is 1. The molecule has 2 fully saturated rings. The number of aliphatic hydroxyl groups excluding tert-OH is 1. The molecule has 1 aromatic heterocycles. The lowest BCUT2D eigenvalue weighted by Gasteiger charge is -2.47. The number of hydrogen-bond donors (Lipinski definition) is 2. The van der Waals surface area contributed by atoms with Crippen molar-refractivity contribution < 1.29 is 5.11 Å². The molecule has 0 amide bonds. The summed E-state index contributed by atoms with van der Waals surface area (Å²) in [7, 11) is 0. The van der Waals surface area contributed by atoms with Crippen molar-refractivity contribution in [2.45, 2.75) is 56.5 Å². The van der Waals surface area contributed by atoms with Crippen molar-refractivity contribution in [3.8, 4) is 0 Å². The van der Waals surface area contributed by atoms with Gasteiger partial charge < -0.3 is 15.3 Å². The number of anilines is 2. The zero-order chi connectivity index (χ0) is 17.7. The lowest BCUT2D eigenvalue weighted by molar-refractivity contribution is 0.281. The van der Waals surface area contributed by atoms with E-state index in [1.54, 1.807) is 0 Å². The first kappa shape index (κ1) is 16.1. The lowest BCUT2D eigenvalue weighted by Crippen LogP contribution is -2.43. The highest BCUT2D eigenvalue weighted by Crippen LogP contribution is 2.48. The molecule has 5 heteroatoms. The van der Waals surface area contributed by atoms with Gasteiger partial charge in [0.1, 0.15) is 17.5 Å². The van der Waals surface area contributed by atoms with E-state index in [-0.39, 0.29) is 12.6 Å². The van der Waals surface area contributed by atoms with Crippen LogP contribution in [0.2, 0.25) is 0 Å². The summed E-state index contributed by atoms with van der Waals surface area (Å²) in [5, 5.41) is 12.7. The molecule has 2 N–H and O–H groups in total. The van der Waals surface area contributed by atoms with E-state index in [0.717, 1.165) is 24.0 Å². The first-order chi connectivity index (χ1) is 12.7. The van der Waals surface area contributed by atoms with Crippen LogP contribution in [0.1, 0.15) is 67.4 Å². The lowest BCUT2D eigenvalue weighted by atomic mass is 9.75. The van der Waals surface area contributed by atoms with Crippen molar-refractivity contribution in [1.82, 2.24) is 9.97 Å². The molecule has 1 aromatic carbocycles. The van der Waals surface area contributed by atoms with Gasteiger partial charge in [0.15, 0.2) is 0 Å². The second-order valence-electron chi connectivity index (χ2n) is 8.04. The average molecular weight is 350 g/mol. The van der Waals surface area contributed by atoms with Crippen LogP contribution < -0.4 is 10.2 Å². The molecular weight excluding hydrogens is 324 g/mol. The number of nitrogens with zero attached hydrogens (tertiary/aromatic N) is 3. The fourth-order valence-corrected chi connectivity index (χ4v) is 4.48. The molecule has 2 aromatic rings. The summed E-state index contributed by atoms with van der Waals surface area (Å²) < 4.78 is 0. The highest BCUT2D eigenvalue weighted by atomic mass is 16.3. The van der Waals surface area contributed by atoms with Gasteiger partial charge in [-0.25, -0.2) is 9.97 Å². The summed E-state index contributed by atoms with van der Waals surface area (Å²) in [6.07, 6.45) is 4.84. The monoisotopic (exact) mass is 350 g/mol. The second-order valence-corrected chi connectivity index (χ2v) is 8.04. The largest absolute Gasteiger partial charge is 0.394 e. The minimum absolute atomic E-state index is 0.0108. The molecule has 2 aliphatic heterocycles. The maximum Gasteiger partial charge on any atom is 0.136 e. The zero-order valence-corrected chi connectivity index (χ0v) is 15.2. The Hall–Kier alpha value is -2.14. The van der Waals surface area contributed by atoms with Crippen molar-refractivity contribution in [2.75, 3.05) is 23.4 Å². The Morgan fingerprint density at radius 2 is 1.88 bits per heavy atom. The molecule has 2 bridgehead atoms. The van der Waals surface area contributed by atoms with Crippen LogP contribution in [0, 0.1) is 0 Å². The molecule has 0 unspecified atom stereocenters. The molecule has 2 aliphatic carbocycles. The van der Waals surface area contributed by atoms with Gasteiger partial charge in [-0.05, 0) is 43.7 Å². The third-order valence-electron chi connectivity index (χ3n) is 6.01. The molecule has 136 valence electrons. The molecular formula is C21H26N4O. The molecule has 3 atom stereocenters. The summed E-state index contributed by atoms with van der Waals surface area (Å²) in [4.78, 5) is 12.2. The van der Waals surface area contributed by atoms with Gasteiger partial charge in [-0.1, -0.05) is 24.3 Å². The van der Waals surface area contributed by atoms with E-state index in [9.17, 15) is 5.11 Å². The van der Waals surface area contributed by atoms with Crippen LogP contribution in [-0.2, 0) is 0 Å². The maximum atomic E-state index is 9.38. The van der Waals surface area contributed by atoms with Crippen LogP contribution in [0.3, 0.4) is 0 Å². The maximum absolute atomic E-state index is 9.38. The van der Waals surface area contributed by atoms with Crippen molar-refractivity contribution in [2.24, 2.45) is 0 Å². The quantitative estimate of drug-likeness (QED) is 0.863. The molecule has 26 heavy (non-hydrogen) atoms. The van der Waals surface area contributed by atoms with Crippen LogP contribution in [0.5, 0.6) is 0 Å². The highest BCUT2D eigenvalue weighted by Gasteiger charge is 2.39. The fourth-order valence-electron chi connectivity index (χ4n) is 4.48. The van der Waals surface area contributed by atoms with Crippen molar-refractivity contribution in [3.05, 3.63) is 47.3 Å². The van der Waals surface area contributed by atoms with Crippen LogP contribution in [-0.4, -0.2) is 34.3 Å². The van der Waals surface area contributed by atoms with Crippen LogP contribution in [0.25, 0.3) is 0 Å². The Kier molecular flexibility index (Phi) is 3.85. The van der Waals surface area contributed by atoms with Crippen molar-refractivity contribution in [1.29, 1.82) is 0 Å². The first-order valence-corrected chi connectivity index (χ1v) is 9.84. The minimum atomic E-state index is -0.0108. The predicted octanol–water partition coefficient (Wildman–Crippen LogP) is 3.59. The Morgan fingerprint density at radius 3 is 2.65 bits per heavy atom. The summed E-state index contributed by atoms with van der Waals surface area (Å²) in [5.41, 5.74) is 3.00. The number of aromatic nitrogens is 2. The number of nitrogens with one attached hydrogen (secondary N) is 1. The van der Waals surface area contributed by atoms with E-state index in [0.29, 0.717) is 17.9 Å². The summed E-state index contributed by atoms with van der Waals surface area (Å²) in [5.74, 6) is 3.95. The second kappa shape index (κ2) is 6.23. The van der Waals surface area contributed by atoms with E-state index in [1.165, 1.54) is 36.8 Å². The predicted molar refractivity (Wildman–Crippen MR) is 103 cm³/mol. The van der Waals surface area contributed by atoms with Gasteiger partial charge in [-0.2, -0.15) is 0 Å². The average Bonchev–Trinajstić information content (AvgIpc) is 3.53. The number of aliphatic hydroxyl groups is 1. The Bertz CT molecular complexity index is 819. The van der Waals surface area contributed by atoms with Gasteiger partial charge in [-0.3, -0.25) is 0 Å². The fraction of sp³-hybridized carbons (Fsp3) is 0.524. The van der Waals surface area contributed by atoms with E-state index in [4.69, 9.17) is 9.97 Å². The number of hydrogen-bond acceptors (Lipinski definition) is 5. The van der Waals surface area contributed by atoms with E-state index < -0.39 is 0 Å². The van der Waals surface area contributed by atoms with Gasteiger partial charge in [0.05, 0.1) is 12.6 Å². The normalized spacial score (nSPS) is 25.1. The molecule has 6 rings (SSSR count). The van der Waals surface area contributed by atoms with Gasteiger partial charge >= 0.3 is 0 Å². The zero-order valence-electron chi connectivity index (χ0n) is 15.2. The Balaban J connectivity index is 1.52. The van der Waals surface area contributed by atoms with Crippen LogP contribution in [0.15, 0.2) is 30.3 Å². The Morgan fingerprint density at radius 1 is 1.12 bits per heavy atom. The van der Waals surface area contributed by atoms with Crippen LogP contribution in [0.4, 0.5) is 11.6 Å². The van der Waals surface area contributed by atoms with E-state index >= 15 is 0 Å². The number of benzene rings is 1. The Labute approximate surface area is 154 Å². The molecule has 1 saturated heterocycles. The van der Waals surface area contributed by atoms with E-state index in [2.05, 4.69) is 40.5 Å². The van der Waals surface area contributed by atoms with Gasteiger partial charge in [0.2, 0.25) is 0 Å². The summed E-state index contributed by atoms with van der Waals surface area (Å²) in [6.45, 7) is 3.11. The molecule has 1 saturated carbocycles. The van der Waals surface area contributed by atoms with Crippen molar-refractivity contribution in [3.63, 3.8) is 0 Å². The molecule has 4 aliphatic rings. The first-order valence-electron chi connectivity index (χ1n) is 9.84. The highest BCUT2D eigenvalue weighted by molar-refractivity contribution is 5.56. The molecule has 0 spiro atoms. The molecule has 5 nitrogen and oxygen atoms in total. The standard InChI is InChI=1S/C21H26N4O/c1-13(12-26)22-19-10-20(24-21(23-19)14-6-7-14)25-11-15-8-9-18(25)17-5-3-2-4-16(15)17/h2-5,10,13-15,18,26H,6-9,11-12H2,1H3,(H,22,23,24)/t13-,15-,18+/m1/s1. The summed E-state index contributed by atoms with van der Waals surface area (Å²) in [6, 6.07) is 11.4. The third kappa shape index (κ3) is 2.75. The van der Waals surface area contributed by atoms with Crippen LogP contribution >= 0.6 is 0 Å². The molecule has 0 radical (unpaired) electrons. The topological polar surface area (TPSA) is 61.3 Å². The van der Waals surface area contributed by atoms with Gasteiger partial charge in [0, 0.05) is 30.5 Å². The smallest absolute Gasteiger partial charge is 0.136 e. The number of rotatable bonds is 5. The van der Waals surface area contributed by atoms with E-state index in [1.807, 2.05) is 6.92 Å². The van der Waals surface area contributed by atoms with Gasteiger partial charge in [-0.15, -0.1) is 0 Å². The number of fused-ring (bicyclic) bond motifs is 2. The summed E-state index contributed by atoms with van der Waals surface area (Å²) >= 11 is 0. The molecule has 3 heterocycles. The SMILES string of the molecule is C[C@H](CO)Nc1cc(N2C[C@H]3CC[C@H]2c2ccccc23)nc(C2CC2)n1. The minimum Gasteiger partial charge on any atom is -0.394 e. The van der Waals surface area contributed by atoms with Gasteiger partial charge in [0.25, 0.3) is 0 Å². The van der Waals surface area contributed by atoms with Crippen molar-refractivity contribution >= 4 is 11.6 Å².